The molecule has 8 aromatic carbocycles. The fraction of sp³-hybridized carbons (Fsp3) is 0.267. The van der Waals surface area contributed by atoms with Crippen molar-refractivity contribution < 1.29 is 32.7 Å². The average molecular weight is 1100 g/mol. The predicted molar refractivity (Wildman–Crippen MR) is 321 cm³/mol. The first-order valence-electron chi connectivity index (χ1n) is 24.4. The molecule has 0 fully saturated rings. The van der Waals surface area contributed by atoms with Crippen LogP contribution in [-0.4, -0.2) is 46.7 Å². The molecule has 0 aliphatic carbocycles. The number of hydrogen-bond donors (Lipinski definition) is 0. The van der Waals surface area contributed by atoms with E-state index in [-0.39, 0.29) is 32.7 Å². The first kappa shape index (κ1) is 55.6. The largest absolute Gasteiger partial charge is 3.00 e. The summed E-state index contributed by atoms with van der Waals surface area (Å²) in [6, 6.07) is 58.1. The Kier molecular flexibility index (Phi) is 17.9. The van der Waals surface area contributed by atoms with E-state index in [4.69, 9.17) is 29.9 Å². The minimum atomic E-state index is -2.05. The quantitative estimate of drug-likeness (QED) is 0.0847. The Morgan fingerprint density at radius 2 is 0.757 bits per heavy atom. The first-order chi connectivity index (χ1) is 32.5. The summed E-state index contributed by atoms with van der Waals surface area (Å²) in [5, 5.41) is 10.4. The molecule has 0 aliphatic rings. The fourth-order valence-electron chi connectivity index (χ4n) is 10.2. The van der Waals surface area contributed by atoms with E-state index in [9.17, 15) is 0 Å². The molecule has 0 spiro atoms. The van der Waals surface area contributed by atoms with Crippen molar-refractivity contribution in [3.05, 3.63) is 185 Å². The molecule has 8 rings (SSSR count). The summed E-state index contributed by atoms with van der Waals surface area (Å²) < 4.78 is 4.82. The van der Waals surface area contributed by atoms with Gasteiger partial charge in [0, 0.05) is 49.7 Å². The van der Waals surface area contributed by atoms with Gasteiger partial charge >= 0.3 is 32.7 Å². The number of aryl methyl sites for hydroxylation is 2. The molecule has 0 saturated carbocycles. The van der Waals surface area contributed by atoms with Crippen LogP contribution in [0.1, 0.15) is 22.3 Å². The summed E-state index contributed by atoms with van der Waals surface area (Å²) >= 11 is 12.9. The maximum atomic E-state index is 6.43. The Morgan fingerprint density at radius 3 is 1.09 bits per heavy atom. The topological polar surface area (TPSA) is 20.6 Å². The molecule has 0 saturated heterocycles. The van der Waals surface area contributed by atoms with Gasteiger partial charge in [0.1, 0.15) is 16.1 Å². The van der Waals surface area contributed by atoms with Crippen LogP contribution in [0.3, 0.4) is 0 Å². The standard InChI is InChI=1S/C54H56N2S2Si2.C6H18NSi2.Y/c1-37-31-41(53(57)49(33-37)59(5,6)43-21-11-9-12-22-43)35-55(3)47-29-27-39-19-15-17-25-45(39)51(47)52-46-26-18-16-20-40(46)28-30-48(52)56(4)36-42-32-38(2)34-50(54(42)58)60(7,8)44-23-13-10-14-24-44;1-8(2,3)7-9(4,5)6;/h9-34,57-58H,35-36H2,1-8H3;1-6H3;/q;-1;+3/p-2. The molecule has 0 radical (unpaired) electrons. The van der Waals surface area contributed by atoms with Crippen molar-refractivity contribution in [3.8, 4) is 11.1 Å². The summed E-state index contributed by atoms with van der Waals surface area (Å²) in [6.45, 7) is 29.3. The van der Waals surface area contributed by atoms with E-state index in [0.29, 0.717) is 13.1 Å². The molecular weight excluding hydrogens is 1030 g/mol. The Hall–Kier alpha value is -3.75. The van der Waals surface area contributed by atoms with E-state index in [1.54, 1.807) is 0 Å². The van der Waals surface area contributed by atoms with Crippen LogP contribution in [0.25, 0.3) is 37.3 Å². The minimum Gasteiger partial charge on any atom is -0.779 e. The van der Waals surface area contributed by atoms with E-state index in [2.05, 4.69) is 261 Å². The number of anilines is 2. The third-order valence-corrected chi connectivity index (χ3v) is 27.1. The smallest absolute Gasteiger partial charge is 0.779 e. The zero-order valence-corrected chi connectivity index (χ0v) is 52.6. The Labute approximate surface area is 461 Å². The number of rotatable bonds is 13. The molecule has 0 atom stereocenters. The molecular formula is C60H72N3S2Si4Y. The van der Waals surface area contributed by atoms with Gasteiger partial charge in [-0.3, -0.25) is 0 Å². The number of nitrogens with zero attached hydrogens (tertiary/aromatic N) is 3. The molecule has 0 N–H and O–H groups in total. The molecule has 0 heterocycles. The van der Waals surface area contributed by atoms with Crippen LogP contribution < -0.4 is 30.5 Å². The second-order valence-electron chi connectivity index (χ2n) is 22.1. The summed E-state index contributed by atoms with van der Waals surface area (Å²) in [4.78, 5) is 6.83. The van der Waals surface area contributed by atoms with Gasteiger partial charge in [0.05, 0.1) is 0 Å². The van der Waals surface area contributed by atoms with E-state index in [1.165, 1.54) is 87.0 Å². The van der Waals surface area contributed by atoms with Crippen LogP contribution in [0, 0.1) is 13.8 Å². The van der Waals surface area contributed by atoms with Gasteiger partial charge in [-0.2, -0.15) is 9.79 Å². The van der Waals surface area contributed by atoms with Crippen LogP contribution >= 0.6 is 0 Å². The van der Waals surface area contributed by atoms with Crippen molar-refractivity contribution in [1.29, 1.82) is 0 Å². The van der Waals surface area contributed by atoms with Gasteiger partial charge < -0.3 is 39.7 Å². The minimum absolute atomic E-state index is 0. The second kappa shape index (κ2) is 22.6. The monoisotopic (exact) mass is 1100 g/mol. The zero-order valence-electron chi connectivity index (χ0n) is 44.2. The normalized spacial score (nSPS) is 12.0. The van der Waals surface area contributed by atoms with Crippen molar-refractivity contribution in [2.75, 3.05) is 23.9 Å². The van der Waals surface area contributed by atoms with E-state index in [0.717, 1.165) is 9.79 Å². The summed E-state index contributed by atoms with van der Waals surface area (Å²) in [5.41, 5.74) is 9.72. The number of benzene rings is 8. The fourth-order valence-corrected chi connectivity index (χ4v) is 25.5. The molecule has 8 aromatic rings. The Morgan fingerprint density at radius 1 is 0.429 bits per heavy atom. The van der Waals surface area contributed by atoms with Gasteiger partial charge in [-0.15, -0.1) is 0 Å². The molecule has 3 nitrogen and oxygen atoms in total. The van der Waals surface area contributed by atoms with Crippen LogP contribution in [0.4, 0.5) is 11.4 Å². The van der Waals surface area contributed by atoms with Crippen molar-refractivity contribution in [2.45, 2.75) is 102 Å². The van der Waals surface area contributed by atoms with Crippen molar-refractivity contribution in [1.82, 2.24) is 0 Å². The average Bonchev–Trinajstić information content (AvgIpc) is 3.29. The molecule has 358 valence electrons. The zero-order chi connectivity index (χ0) is 50.1. The third kappa shape index (κ3) is 12.7. The molecule has 0 unspecified atom stereocenters. The molecule has 0 aromatic heterocycles. The number of fused-ring (bicyclic) bond motifs is 2. The van der Waals surface area contributed by atoms with E-state index in [1.807, 2.05) is 0 Å². The molecule has 0 aliphatic heterocycles. The van der Waals surface area contributed by atoms with Gasteiger partial charge in [0.2, 0.25) is 0 Å². The van der Waals surface area contributed by atoms with Crippen LogP contribution in [-0.2, 0) is 71.1 Å². The van der Waals surface area contributed by atoms with E-state index < -0.39 is 32.6 Å². The van der Waals surface area contributed by atoms with Gasteiger partial charge in [-0.25, -0.2) is 0 Å². The van der Waals surface area contributed by atoms with Crippen molar-refractivity contribution in [3.63, 3.8) is 0 Å². The maximum Gasteiger partial charge on any atom is 3.00 e. The van der Waals surface area contributed by atoms with Crippen LogP contribution in [0.5, 0.6) is 0 Å². The Bertz CT molecular complexity index is 2890. The van der Waals surface area contributed by atoms with E-state index >= 15 is 0 Å². The molecule has 0 amide bonds. The van der Waals surface area contributed by atoms with Gasteiger partial charge in [0.15, 0.2) is 0 Å². The summed E-state index contributed by atoms with van der Waals surface area (Å²) in [5.74, 6) is 0. The third-order valence-electron chi connectivity index (χ3n) is 13.3. The van der Waals surface area contributed by atoms with Crippen molar-refractivity contribution >= 4 is 112 Å². The summed E-state index contributed by atoms with van der Waals surface area (Å²) in [6.07, 6.45) is 0. The molecule has 70 heavy (non-hydrogen) atoms. The van der Waals surface area contributed by atoms with Crippen LogP contribution in [0.2, 0.25) is 65.5 Å². The Balaban J connectivity index is 0.000000732. The molecule has 10 heteroatoms. The van der Waals surface area contributed by atoms with Gasteiger partial charge in [0.25, 0.3) is 0 Å². The predicted octanol–water partition coefficient (Wildman–Crippen LogP) is 14.0. The first-order valence-corrected chi connectivity index (χ1v) is 38.1. The van der Waals surface area contributed by atoms with Crippen molar-refractivity contribution in [2.24, 2.45) is 0 Å². The van der Waals surface area contributed by atoms with Gasteiger partial charge in [-0.1, -0.05) is 259 Å². The van der Waals surface area contributed by atoms with Gasteiger partial charge in [-0.05, 0) is 58.7 Å². The second-order valence-corrected chi connectivity index (χ2v) is 41.2. The molecule has 0 bridgehead atoms. The van der Waals surface area contributed by atoms with Crippen LogP contribution in [0.15, 0.2) is 168 Å². The number of hydrogen-bond acceptors (Lipinski definition) is 4. The SMILES string of the molecule is C[Si](C)(C)[N-][Si](C)(C)C.Cc1cc(CN(C)c2ccc3ccccc3c2-c2c(N(C)Cc3cc(C)cc([Si](C)(C)c4ccccc4)c3[S-])ccc3ccccc23)c([S-])c([Si](C)(C)c2ccccc2)c1.[Y+3]. The summed E-state index contributed by atoms with van der Waals surface area (Å²) in [7, 11) is -1.85. The maximum absolute atomic E-state index is 6.43.